The zero-order valence-corrected chi connectivity index (χ0v) is 15.8. The van der Waals surface area contributed by atoms with Crippen LogP contribution in [0.1, 0.15) is 29.3 Å². The van der Waals surface area contributed by atoms with Gasteiger partial charge in [-0.15, -0.1) is 0 Å². The number of rotatable bonds is 10. The molecule has 0 heterocycles. The molecule has 0 aliphatic rings. The number of carbonyl (C=O) groups excluding carboxylic acids is 2. The van der Waals surface area contributed by atoms with Crippen LogP contribution in [-0.4, -0.2) is 38.7 Å². The lowest BCUT2D eigenvalue weighted by molar-refractivity contribution is -0.118. The number of methoxy groups -OCH3 is 1. The molecule has 0 saturated heterocycles. The van der Waals surface area contributed by atoms with Crippen LogP contribution in [0, 0.1) is 0 Å². The van der Waals surface area contributed by atoms with Crippen molar-refractivity contribution in [2.45, 2.75) is 19.8 Å². The van der Waals surface area contributed by atoms with E-state index in [1.165, 1.54) is 5.56 Å². The van der Waals surface area contributed by atoms with Crippen molar-refractivity contribution in [3.05, 3.63) is 59.7 Å². The molecule has 0 radical (unpaired) electrons. The molecule has 2 amide bonds. The zero-order valence-electron chi connectivity index (χ0n) is 15.8. The van der Waals surface area contributed by atoms with E-state index in [0.29, 0.717) is 30.2 Å². The molecule has 6 heteroatoms. The summed E-state index contributed by atoms with van der Waals surface area (Å²) in [6.45, 7) is 3.11. The Bertz CT molecular complexity index is 744. The quantitative estimate of drug-likeness (QED) is 0.630. The first-order chi connectivity index (χ1) is 13.1. The molecule has 0 aliphatic heterocycles. The Labute approximate surface area is 159 Å². The first-order valence-corrected chi connectivity index (χ1v) is 9.01. The average molecular weight is 370 g/mol. The van der Waals surface area contributed by atoms with E-state index in [2.05, 4.69) is 17.6 Å². The van der Waals surface area contributed by atoms with Crippen LogP contribution in [0.3, 0.4) is 0 Å². The Morgan fingerprint density at radius 3 is 2.56 bits per heavy atom. The monoisotopic (exact) mass is 370 g/mol. The van der Waals surface area contributed by atoms with Crippen molar-refractivity contribution >= 4 is 17.5 Å². The highest BCUT2D eigenvalue weighted by molar-refractivity contribution is 5.97. The van der Waals surface area contributed by atoms with Crippen molar-refractivity contribution in [2.75, 3.05) is 32.2 Å². The number of hydrogen-bond donors (Lipinski definition) is 2. The SMILES string of the molecule is CCc1ccc(OCC(=O)Nc2cccc(C(=O)NCCCOC)c2)cc1. The maximum atomic E-state index is 12.1. The third kappa shape index (κ3) is 7.11. The minimum Gasteiger partial charge on any atom is -0.484 e. The van der Waals surface area contributed by atoms with E-state index in [9.17, 15) is 9.59 Å². The molecule has 2 rings (SSSR count). The van der Waals surface area contributed by atoms with Crippen LogP contribution in [-0.2, 0) is 16.0 Å². The summed E-state index contributed by atoms with van der Waals surface area (Å²) in [5, 5.41) is 5.56. The third-order valence-electron chi connectivity index (χ3n) is 3.92. The highest BCUT2D eigenvalue weighted by atomic mass is 16.5. The predicted octanol–water partition coefficient (Wildman–Crippen LogP) is 3.03. The van der Waals surface area contributed by atoms with Crippen molar-refractivity contribution in [3.8, 4) is 5.75 Å². The molecule has 2 N–H and O–H groups in total. The fraction of sp³-hybridized carbons (Fsp3) is 0.333. The lowest BCUT2D eigenvalue weighted by atomic mass is 10.2. The minimum atomic E-state index is -0.285. The zero-order chi connectivity index (χ0) is 19.5. The Morgan fingerprint density at radius 2 is 1.85 bits per heavy atom. The smallest absolute Gasteiger partial charge is 0.262 e. The fourth-order valence-corrected chi connectivity index (χ4v) is 2.43. The molecule has 0 unspecified atom stereocenters. The number of ether oxygens (including phenoxy) is 2. The van der Waals surface area contributed by atoms with E-state index in [4.69, 9.17) is 9.47 Å². The molecule has 2 aromatic rings. The van der Waals surface area contributed by atoms with Gasteiger partial charge in [0.15, 0.2) is 6.61 Å². The van der Waals surface area contributed by atoms with Gasteiger partial charge in [0.25, 0.3) is 11.8 Å². The summed E-state index contributed by atoms with van der Waals surface area (Å²) < 4.78 is 10.4. The van der Waals surface area contributed by atoms with Gasteiger partial charge in [0.2, 0.25) is 0 Å². The van der Waals surface area contributed by atoms with Crippen molar-refractivity contribution in [1.82, 2.24) is 5.32 Å². The highest BCUT2D eigenvalue weighted by Gasteiger charge is 2.08. The predicted molar refractivity (Wildman–Crippen MR) is 105 cm³/mol. The van der Waals surface area contributed by atoms with E-state index in [0.717, 1.165) is 12.8 Å². The van der Waals surface area contributed by atoms with Gasteiger partial charge in [0.05, 0.1) is 0 Å². The Balaban J connectivity index is 1.83. The molecule has 0 saturated carbocycles. The normalized spacial score (nSPS) is 10.3. The van der Waals surface area contributed by atoms with Crippen LogP contribution in [0.15, 0.2) is 48.5 Å². The van der Waals surface area contributed by atoms with E-state index in [-0.39, 0.29) is 18.4 Å². The molecular weight excluding hydrogens is 344 g/mol. The molecule has 6 nitrogen and oxygen atoms in total. The number of anilines is 1. The summed E-state index contributed by atoms with van der Waals surface area (Å²) in [5.74, 6) is 0.174. The number of amides is 2. The van der Waals surface area contributed by atoms with E-state index in [1.807, 2.05) is 24.3 Å². The van der Waals surface area contributed by atoms with Crippen molar-refractivity contribution in [3.63, 3.8) is 0 Å². The van der Waals surface area contributed by atoms with Crippen molar-refractivity contribution in [1.29, 1.82) is 0 Å². The van der Waals surface area contributed by atoms with Crippen LogP contribution in [0.2, 0.25) is 0 Å². The fourth-order valence-electron chi connectivity index (χ4n) is 2.43. The molecule has 0 aromatic heterocycles. The van der Waals surface area contributed by atoms with Gasteiger partial charge in [-0.3, -0.25) is 9.59 Å². The molecule has 144 valence electrons. The van der Waals surface area contributed by atoms with Gasteiger partial charge < -0.3 is 20.1 Å². The standard InChI is InChI=1S/C21H26N2O4/c1-3-16-8-10-19(11-9-16)27-15-20(24)23-18-7-4-6-17(14-18)21(25)22-12-5-13-26-2/h4,6-11,14H,3,5,12-13,15H2,1-2H3,(H,22,25)(H,23,24). The lowest BCUT2D eigenvalue weighted by Gasteiger charge is -2.10. The number of benzene rings is 2. The minimum absolute atomic E-state index is 0.0983. The second-order valence-electron chi connectivity index (χ2n) is 6.02. The van der Waals surface area contributed by atoms with Crippen LogP contribution < -0.4 is 15.4 Å². The number of hydrogen-bond acceptors (Lipinski definition) is 4. The summed E-state index contributed by atoms with van der Waals surface area (Å²) in [6.07, 6.45) is 1.70. The largest absolute Gasteiger partial charge is 0.484 e. The maximum absolute atomic E-state index is 12.1. The van der Waals surface area contributed by atoms with Crippen LogP contribution in [0.4, 0.5) is 5.69 Å². The van der Waals surface area contributed by atoms with E-state index < -0.39 is 0 Å². The van der Waals surface area contributed by atoms with Crippen molar-refractivity contribution < 1.29 is 19.1 Å². The summed E-state index contributed by atoms with van der Waals surface area (Å²) in [6, 6.07) is 14.4. The summed E-state index contributed by atoms with van der Waals surface area (Å²) in [7, 11) is 1.62. The molecule has 2 aromatic carbocycles. The third-order valence-corrected chi connectivity index (χ3v) is 3.92. The van der Waals surface area contributed by atoms with Gasteiger partial charge >= 0.3 is 0 Å². The molecule has 0 aliphatic carbocycles. The summed E-state index contributed by atoms with van der Waals surface area (Å²) in [5.41, 5.74) is 2.25. The number of aryl methyl sites for hydroxylation is 1. The molecule has 0 atom stereocenters. The van der Waals surface area contributed by atoms with Gasteiger partial charge in [-0.05, 0) is 48.7 Å². The number of carbonyl (C=O) groups is 2. The van der Waals surface area contributed by atoms with Gasteiger partial charge in [-0.2, -0.15) is 0 Å². The van der Waals surface area contributed by atoms with Crippen LogP contribution in [0.25, 0.3) is 0 Å². The Morgan fingerprint density at radius 1 is 1.07 bits per heavy atom. The first-order valence-electron chi connectivity index (χ1n) is 9.01. The lowest BCUT2D eigenvalue weighted by Crippen LogP contribution is -2.25. The summed E-state index contributed by atoms with van der Waals surface area (Å²) >= 11 is 0. The van der Waals surface area contributed by atoms with Crippen LogP contribution >= 0.6 is 0 Å². The Kier molecular flexibility index (Phi) is 8.32. The topological polar surface area (TPSA) is 76.7 Å². The molecule has 0 spiro atoms. The molecule has 0 bridgehead atoms. The summed E-state index contributed by atoms with van der Waals surface area (Å²) in [4.78, 5) is 24.2. The first kappa shape index (κ1) is 20.5. The second-order valence-corrected chi connectivity index (χ2v) is 6.02. The van der Waals surface area contributed by atoms with E-state index >= 15 is 0 Å². The van der Waals surface area contributed by atoms with E-state index in [1.54, 1.807) is 31.4 Å². The molecule has 27 heavy (non-hydrogen) atoms. The van der Waals surface area contributed by atoms with Gasteiger partial charge in [-0.1, -0.05) is 25.1 Å². The maximum Gasteiger partial charge on any atom is 0.262 e. The van der Waals surface area contributed by atoms with Gasteiger partial charge in [0, 0.05) is 31.5 Å². The molecule has 0 fully saturated rings. The molecular formula is C21H26N2O4. The highest BCUT2D eigenvalue weighted by Crippen LogP contribution is 2.13. The van der Waals surface area contributed by atoms with Gasteiger partial charge in [0.1, 0.15) is 5.75 Å². The average Bonchev–Trinajstić information content (AvgIpc) is 2.70. The Hall–Kier alpha value is -2.86. The van der Waals surface area contributed by atoms with Crippen LogP contribution in [0.5, 0.6) is 5.75 Å². The van der Waals surface area contributed by atoms with Crippen molar-refractivity contribution in [2.24, 2.45) is 0 Å². The van der Waals surface area contributed by atoms with Gasteiger partial charge in [-0.25, -0.2) is 0 Å². The number of nitrogens with one attached hydrogen (secondary N) is 2. The second kappa shape index (κ2) is 11.0.